The van der Waals surface area contributed by atoms with Crippen molar-refractivity contribution in [2.24, 2.45) is 0 Å². The first-order valence-corrected chi connectivity index (χ1v) is 15.2. The first-order chi connectivity index (χ1) is 22.5. The first-order valence-electron chi connectivity index (χ1n) is 15.2. The van der Waals surface area contributed by atoms with E-state index < -0.39 is 24.0 Å². The third kappa shape index (κ3) is 8.77. The molecule has 5 rings (SSSR count). The number of ether oxygens (including phenoxy) is 1. The lowest BCUT2D eigenvalue weighted by Gasteiger charge is -2.32. The van der Waals surface area contributed by atoms with Crippen LogP contribution in [0.3, 0.4) is 0 Å². The number of carboxylic acid groups (broad SMARTS) is 1. The number of benzene rings is 5. The van der Waals surface area contributed by atoms with E-state index in [9.17, 15) is 19.5 Å². The molecule has 0 heterocycles. The van der Waals surface area contributed by atoms with E-state index in [0.717, 1.165) is 22.3 Å². The smallest absolute Gasteiger partial charge is 0.336 e. The molecule has 0 bridgehead atoms. The Morgan fingerprint density at radius 1 is 0.630 bits per heavy atom. The Morgan fingerprint density at radius 3 is 1.72 bits per heavy atom. The van der Waals surface area contributed by atoms with E-state index in [1.165, 1.54) is 12.1 Å². The summed E-state index contributed by atoms with van der Waals surface area (Å²) >= 11 is 0. The van der Waals surface area contributed by atoms with E-state index in [1.807, 2.05) is 121 Å². The molecular weight excluding hydrogens is 576 g/mol. The zero-order valence-electron chi connectivity index (χ0n) is 25.4. The molecule has 0 saturated carbocycles. The molecular formula is C39H36N2O5. The zero-order valence-corrected chi connectivity index (χ0v) is 25.4. The lowest BCUT2D eigenvalue weighted by molar-refractivity contribution is -0.136. The molecule has 0 aromatic heterocycles. The highest BCUT2D eigenvalue weighted by Gasteiger charge is 2.30. The van der Waals surface area contributed by atoms with Crippen LogP contribution in [0.4, 0.5) is 0 Å². The van der Waals surface area contributed by atoms with Crippen LogP contribution >= 0.6 is 0 Å². The van der Waals surface area contributed by atoms with Crippen LogP contribution < -0.4 is 5.32 Å². The second-order valence-corrected chi connectivity index (χ2v) is 11.0. The minimum atomic E-state index is -1.22. The van der Waals surface area contributed by atoms with Crippen molar-refractivity contribution in [2.45, 2.75) is 31.7 Å². The Labute approximate surface area is 269 Å². The van der Waals surface area contributed by atoms with Gasteiger partial charge in [-0.15, -0.1) is 0 Å². The van der Waals surface area contributed by atoms with Crippen molar-refractivity contribution >= 4 is 17.8 Å². The molecule has 5 aromatic rings. The maximum atomic E-state index is 14.6. The van der Waals surface area contributed by atoms with Crippen LogP contribution in [0.2, 0.25) is 0 Å². The molecule has 7 heteroatoms. The van der Waals surface area contributed by atoms with Gasteiger partial charge < -0.3 is 20.1 Å². The molecule has 7 nitrogen and oxygen atoms in total. The van der Waals surface area contributed by atoms with Gasteiger partial charge in [0.05, 0.1) is 24.3 Å². The second-order valence-electron chi connectivity index (χ2n) is 11.0. The fraction of sp³-hybridized carbons (Fsp3) is 0.154. The fourth-order valence-corrected chi connectivity index (χ4v) is 5.30. The lowest BCUT2D eigenvalue weighted by Crippen LogP contribution is -2.50. The van der Waals surface area contributed by atoms with E-state index >= 15 is 0 Å². The second kappa shape index (κ2) is 16.0. The molecule has 0 saturated heterocycles. The van der Waals surface area contributed by atoms with Gasteiger partial charge in [-0.05, 0) is 34.4 Å². The van der Waals surface area contributed by atoms with Gasteiger partial charge in [-0.3, -0.25) is 9.59 Å². The molecule has 2 unspecified atom stereocenters. The van der Waals surface area contributed by atoms with E-state index in [0.29, 0.717) is 6.61 Å². The van der Waals surface area contributed by atoms with E-state index in [2.05, 4.69) is 5.32 Å². The average molecular weight is 613 g/mol. The summed E-state index contributed by atoms with van der Waals surface area (Å²) in [4.78, 5) is 41.8. The van der Waals surface area contributed by atoms with Gasteiger partial charge in [-0.25, -0.2) is 4.79 Å². The summed E-state index contributed by atoms with van der Waals surface area (Å²) in [5, 5.41) is 12.6. The van der Waals surface area contributed by atoms with Crippen LogP contribution in [0, 0.1) is 0 Å². The van der Waals surface area contributed by atoms with Gasteiger partial charge in [0.25, 0.3) is 5.91 Å². The Bertz CT molecular complexity index is 1710. The monoisotopic (exact) mass is 612 g/mol. The van der Waals surface area contributed by atoms with Gasteiger partial charge in [0.15, 0.2) is 0 Å². The molecule has 46 heavy (non-hydrogen) atoms. The van der Waals surface area contributed by atoms with Crippen molar-refractivity contribution < 1.29 is 24.2 Å². The molecule has 2 amide bonds. The molecule has 0 aliphatic rings. The summed E-state index contributed by atoms with van der Waals surface area (Å²) < 4.78 is 6.48. The van der Waals surface area contributed by atoms with Crippen LogP contribution in [0.1, 0.15) is 49.1 Å². The van der Waals surface area contributed by atoms with Gasteiger partial charge in [0.1, 0.15) is 12.1 Å². The van der Waals surface area contributed by atoms with Crippen LogP contribution in [0.15, 0.2) is 146 Å². The fourth-order valence-electron chi connectivity index (χ4n) is 5.30. The van der Waals surface area contributed by atoms with Crippen molar-refractivity contribution in [3.05, 3.63) is 179 Å². The molecule has 0 aliphatic heterocycles. The number of nitrogens with zero attached hydrogens (tertiary/aromatic N) is 1. The predicted molar refractivity (Wildman–Crippen MR) is 177 cm³/mol. The number of carbonyl (C=O) groups excluding carboxylic acids is 2. The Hall–Kier alpha value is -5.53. The lowest BCUT2D eigenvalue weighted by atomic mass is 10.0. The third-order valence-electron chi connectivity index (χ3n) is 7.67. The summed E-state index contributed by atoms with van der Waals surface area (Å²) in [5.41, 5.74) is 3.56. The van der Waals surface area contributed by atoms with E-state index in [4.69, 9.17) is 4.74 Å². The maximum absolute atomic E-state index is 14.6. The molecule has 232 valence electrons. The standard InChI is InChI=1S/C39H36N2O5/c42-37(33-23-13-14-24-34(33)39(44)45)40-35(25-29-15-5-1-6-16-29)38(43)41(26-30-17-7-2-8-18-30)27-36(32-21-11-4-12-22-32)46-28-31-19-9-3-10-20-31/h1-24,35-36H,25-28H2,(H,40,42)(H,44,45). The summed E-state index contributed by atoms with van der Waals surface area (Å²) in [5.74, 6) is -2.16. The van der Waals surface area contributed by atoms with Crippen molar-refractivity contribution in [3.63, 3.8) is 0 Å². The molecule has 0 aliphatic carbocycles. The van der Waals surface area contributed by atoms with Gasteiger partial charge in [0, 0.05) is 13.0 Å². The molecule has 2 N–H and O–H groups in total. The summed E-state index contributed by atoms with van der Waals surface area (Å²) in [6.07, 6.45) is -0.248. The van der Waals surface area contributed by atoms with Crippen molar-refractivity contribution in [3.8, 4) is 0 Å². The average Bonchev–Trinajstić information content (AvgIpc) is 3.10. The van der Waals surface area contributed by atoms with E-state index in [1.54, 1.807) is 17.0 Å². The van der Waals surface area contributed by atoms with Crippen LogP contribution in [0.25, 0.3) is 0 Å². The first kappa shape index (κ1) is 31.9. The number of carboxylic acids is 1. The normalized spacial score (nSPS) is 12.1. The highest BCUT2D eigenvalue weighted by atomic mass is 16.5. The van der Waals surface area contributed by atoms with Crippen molar-refractivity contribution in [1.82, 2.24) is 10.2 Å². The van der Waals surface area contributed by atoms with Crippen LogP contribution in [0.5, 0.6) is 0 Å². The largest absolute Gasteiger partial charge is 0.478 e. The molecule has 0 fully saturated rings. The Balaban J connectivity index is 1.48. The van der Waals surface area contributed by atoms with Gasteiger partial charge >= 0.3 is 5.97 Å². The number of hydrogen-bond donors (Lipinski definition) is 2. The van der Waals surface area contributed by atoms with Crippen molar-refractivity contribution in [2.75, 3.05) is 6.54 Å². The summed E-state index contributed by atoms with van der Waals surface area (Å²) in [7, 11) is 0. The zero-order chi connectivity index (χ0) is 32.1. The Morgan fingerprint density at radius 2 is 1.13 bits per heavy atom. The maximum Gasteiger partial charge on any atom is 0.336 e. The van der Waals surface area contributed by atoms with Crippen LogP contribution in [-0.2, 0) is 29.1 Å². The predicted octanol–water partition coefficient (Wildman–Crippen LogP) is 6.71. The molecule has 0 radical (unpaired) electrons. The Kier molecular flexibility index (Phi) is 11.1. The minimum absolute atomic E-state index is 0.0103. The number of carbonyl (C=O) groups is 3. The topological polar surface area (TPSA) is 95.9 Å². The SMILES string of the molecule is O=C(O)c1ccccc1C(=O)NC(Cc1ccccc1)C(=O)N(Cc1ccccc1)CC(OCc1ccccc1)c1ccccc1. The van der Waals surface area contributed by atoms with Gasteiger partial charge in [-0.1, -0.05) is 133 Å². The van der Waals surface area contributed by atoms with Crippen LogP contribution in [-0.4, -0.2) is 40.4 Å². The van der Waals surface area contributed by atoms with Gasteiger partial charge in [-0.2, -0.15) is 0 Å². The molecule has 2 atom stereocenters. The summed E-state index contributed by atoms with van der Waals surface area (Å²) in [6, 6.07) is 43.8. The quantitative estimate of drug-likeness (QED) is 0.145. The summed E-state index contributed by atoms with van der Waals surface area (Å²) in [6.45, 7) is 0.853. The molecule has 5 aromatic carbocycles. The number of hydrogen-bond acceptors (Lipinski definition) is 4. The highest BCUT2D eigenvalue weighted by molar-refractivity contribution is 6.06. The number of rotatable bonds is 14. The van der Waals surface area contributed by atoms with Gasteiger partial charge in [0.2, 0.25) is 5.91 Å². The number of amides is 2. The van der Waals surface area contributed by atoms with E-state index in [-0.39, 0.29) is 36.5 Å². The molecule has 0 spiro atoms. The van der Waals surface area contributed by atoms with Crippen molar-refractivity contribution in [1.29, 1.82) is 0 Å². The number of aromatic carboxylic acids is 1. The number of nitrogens with one attached hydrogen (secondary N) is 1. The third-order valence-corrected chi connectivity index (χ3v) is 7.67. The minimum Gasteiger partial charge on any atom is -0.478 e. The highest BCUT2D eigenvalue weighted by Crippen LogP contribution is 2.23.